The van der Waals surface area contributed by atoms with Crippen LogP contribution in [0.2, 0.25) is 0 Å². The molecule has 0 heterocycles. The Labute approximate surface area is 101 Å². The van der Waals surface area contributed by atoms with Gasteiger partial charge in [0.25, 0.3) is 0 Å². The summed E-state index contributed by atoms with van der Waals surface area (Å²) in [5.41, 5.74) is 6.80. The van der Waals surface area contributed by atoms with Gasteiger partial charge in [0.05, 0.1) is 5.75 Å². The molecule has 0 bridgehead atoms. The summed E-state index contributed by atoms with van der Waals surface area (Å²) in [5.74, 6) is -1.24. The smallest absolute Gasteiger partial charge is 0.239 e. The van der Waals surface area contributed by atoms with Crippen LogP contribution in [0.1, 0.15) is 5.56 Å². The Morgan fingerprint density at radius 1 is 1.29 bits per heavy atom. The number of aryl methyl sites for hydroxylation is 1. The number of rotatable bonds is 5. The normalized spacial score (nSPS) is 11.2. The molecule has 0 aliphatic heterocycles. The van der Waals surface area contributed by atoms with Crippen molar-refractivity contribution in [2.75, 3.05) is 23.4 Å². The van der Waals surface area contributed by atoms with E-state index in [0.717, 1.165) is 5.56 Å². The number of sulfone groups is 1. The molecule has 1 aromatic carbocycles. The number of hydrogen-bond acceptors (Lipinski definition) is 4. The second-order valence-electron chi connectivity index (χ2n) is 3.79. The molecule has 0 fully saturated rings. The van der Waals surface area contributed by atoms with Gasteiger partial charge in [0.15, 0.2) is 9.84 Å². The van der Waals surface area contributed by atoms with E-state index in [2.05, 4.69) is 5.32 Å². The van der Waals surface area contributed by atoms with Crippen LogP contribution in [0.3, 0.4) is 0 Å². The number of nitrogens with two attached hydrogens (primary N) is 1. The van der Waals surface area contributed by atoms with Gasteiger partial charge >= 0.3 is 0 Å². The van der Waals surface area contributed by atoms with Crippen LogP contribution in [-0.4, -0.2) is 32.4 Å². The second kappa shape index (κ2) is 5.79. The number of amides is 1. The lowest BCUT2D eigenvalue weighted by atomic mass is 10.2. The van der Waals surface area contributed by atoms with Gasteiger partial charge in [0.2, 0.25) is 5.91 Å². The standard InChI is InChI=1S/C11H16N2O3S/c1-9-2-4-10(5-3-9)13-11(14)8-17(15,16)7-6-12/h2-5H,6-8,12H2,1H3,(H,13,14). The fraction of sp³-hybridized carbons (Fsp3) is 0.364. The van der Waals surface area contributed by atoms with Gasteiger partial charge in [0.1, 0.15) is 5.75 Å². The largest absolute Gasteiger partial charge is 0.329 e. The Balaban J connectivity index is 2.59. The van der Waals surface area contributed by atoms with E-state index in [0.29, 0.717) is 5.69 Å². The molecule has 6 heteroatoms. The van der Waals surface area contributed by atoms with Crippen molar-refractivity contribution in [3.05, 3.63) is 29.8 Å². The van der Waals surface area contributed by atoms with Crippen molar-refractivity contribution in [2.24, 2.45) is 5.73 Å². The number of carbonyl (C=O) groups is 1. The SMILES string of the molecule is Cc1ccc(NC(=O)CS(=O)(=O)CCN)cc1. The van der Waals surface area contributed by atoms with Crippen molar-refractivity contribution in [1.29, 1.82) is 0 Å². The molecule has 0 saturated heterocycles. The Hall–Kier alpha value is -1.40. The molecule has 0 atom stereocenters. The molecule has 0 radical (unpaired) electrons. The lowest BCUT2D eigenvalue weighted by molar-refractivity contribution is -0.113. The third-order valence-corrected chi connectivity index (χ3v) is 3.67. The maximum Gasteiger partial charge on any atom is 0.239 e. The highest BCUT2D eigenvalue weighted by Crippen LogP contribution is 2.08. The second-order valence-corrected chi connectivity index (χ2v) is 5.98. The molecular formula is C11H16N2O3S. The first-order chi connectivity index (χ1) is 7.93. The van der Waals surface area contributed by atoms with Crippen LogP contribution in [0.15, 0.2) is 24.3 Å². The van der Waals surface area contributed by atoms with E-state index < -0.39 is 21.5 Å². The van der Waals surface area contributed by atoms with Gasteiger partial charge in [-0.3, -0.25) is 4.79 Å². The van der Waals surface area contributed by atoms with Crippen LogP contribution in [0, 0.1) is 6.92 Å². The van der Waals surface area contributed by atoms with E-state index >= 15 is 0 Å². The number of anilines is 1. The van der Waals surface area contributed by atoms with Crippen molar-refractivity contribution in [1.82, 2.24) is 0 Å². The molecule has 5 nitrogen and oxygen atoms in total. The molecule has 0 aliphatic carbocycles. The molecule has 0 aromatic heterocycles. The first-order valence-corrected chi connectivity index (χ1v) is 7.02. The van der Waals surface area contributed by atoms with Crippen LogP contribution in [0.4, 0.5) is 5.69 Å². The Bertz CT molecular complexity index is 480. The minimum Gasteiger partial charge on any atom is -0.329 e. The zero-order valence-electron chi connectivity index (χ0n) is 9.64. The van der Waals surface area contributed by atoms with E-state index in [-0.39, 0.29) is 12.3 Å². The summed E-state index contributed by atoms with van der Waals surface area (Å²) in [6, 6.07) is 7.12. The van der Waals surface area contributed by atoms with Crippen LogP contribution >= 0.6 is 0 Å². The molecule has 17 heavy (non-hydrogen) atoms. The highest BCUT2D eigenvalue weighted by molar-refractivity contribution is 7.92. The maximum atomic E-state index is 11.5. The minimum atomic E-state index is -3.40. The molecule has 3 N–H and O–H groups in total. The summed E-state index contributed by atoms with van der Waals surface area (Å²) in [6.45, 7) is 1.96. The van der Waals surface area contributed by atoms with Crippen molar-refractivity contribution in [3.63, 3.8) is 0 Å². The molecule has 94 valence electrons. The van der Waals surface area contributed by atoms with Crippen LogP contribution < -0.4 is 11.1 Å². The summed E-state index contributed by atoms with van der Waals surface area (Å²) >= 11 is 0. The zero-order valence-corrected chi connectivity index (χ0v) is 10.5. The van der Waals surface area contributed by atoms with E-state index in [1.807, 2.05) is 19.1 Å². The van der Waals surface area contributed by atoms with Crippen LogP contribution in [-0.2, 0) is 14.6 Å². The highest BCUT2D eigenvalue weighted by Gasteiger charge is 2.15. The zero-order chi connectivity index (χ0) is 12.9. The Morgan fingerprint density at radius 2 is 1.88 bits per heavy atom. The molecule has 0 spiro atoms. The molecule has 0 unspecified atom stereocenters. The Kier molecular flexibility index (Phi) is 4.65. The molecular weight excluding hydrogens is 240 g/mol. The quantitative estimate of drug-likeness (QED) is 0.793. The first-order valence-electron chi connectivity index (χ1n) is 5.20. The molecule has 1 amide bonds. The van der Waals surface area contributed by atoms with Crippen LogP contribution in [0.5, 0.6) is 0 Å². The maximum absolute atomic E-state index is 11.5. The first kappa shape index (κ1) is 13.7. The minimum absolute atomic E-state index is 0.0279. The molecule has 1 aromatic rings. The van der Waals surface area contributed by atoms with E-state index in [1.54, 1.807) is 12.1 Å². The summed E-state index contributed by atoms with van der Waals surface area (Å²) in [7, 11) is -3.40. The molecule has 1 rings (SSSR count). The van der Waals surface area contributed by atoms with E-state index in [4.69, 9.17) is 5.73 Å². The van der Waals surface area contributed by atoms with Crippen molar-refractivity contribution in [3.8, 4) is 0 Å². The fourth-order valence-electron chi connectivity index (χ4n) is 1.29. The number of carbonyl (C=O) groups excluding carboxylic acids is 1. The summed E-state index contributed by atoms with van der Waals surface area (Å²) < 4.78 is 22.7. The lowest BCUT2D eigenvalue weighted by Crippen LogP contribution is -2.27. The van der Waals surface area contributed by atoms with Gasteiger partial charge in [-0.2, -0.15) is 0 Å². The number of benzene rings is 1. The van der Waals surface area contributed by atoms with Crippen LogP contribution in [0.25, 0.3) is 0 Å². The van der Waals surface area contributed by atoms with E-state index in [1.165, 1.54) is 0 Å². The van der Waals surface area contributed by atoms with Gasteiger partial charge in [0, 0.05) is 12.2 Å². The van der Waals surface area contributed by atoms with Gasteiger partial charge in [-0.05, 0) is 19.1 Å². The lowest BCUT2D eigenvalue weighted by Gasteiger charge is -2.05. The predicted molar refractivity (Wildman–Crippen MR) is 67.5 cm³/mol. The third kappa shape index (κ3) is 4.97. The highest BCUT2D eigenvalue weighted by atomic mass is 32.2. The van der Waals surface area contributed by atoms with Gasteiger partial charge in [-0.25, -0.2) is 8.42 Å². The molecule has 0 saturated carbocycles. The van der Waals surface area contributed by atoms with Crippen molar-refractivity contribution >= 4 is 21.4 Å². The monoisotopic (exact) mass is 256 g/mol. The predicted octanol–water partition coefficient (Wildman–Crippen LogP) is 0.307. The van der Waals surface area contributed by atoms with E-state index in [9.17, 15) is 13.2 Å². The fourth-order valence-corrected chi connectivity index (χ4v) is 2.26. The summed E-state index contributed by atoms with van der Waals surface area (Å²) in [6.07, 6.45) is 0. The van der Waals surface area contributed by atoms with Gasteiger partial charge in [-0.15, -0.1) is 0 Å². The third-order valence-electron chi connectivity index (χ3n) is 2.12. The van der Waals surface area contributed by atoms with Gasteiger partial charge in [-0.1, -0.05) is 17.7 Å². The number of hydrogen-bond donors (Lipinski definition) is 2. The van der Waals surface area contributed by atoms with Crippen molar-refractivity contribution in [2.45, 2.75) is 6.92 Å². The number of nitrogens with one attached hydrogen (secondary N) is 1. The molecule has 0 aliphatic rings. The Morgan fingerprint density at radius 3 is 2.41 bits per heavy atom. The average molecular weight is 256 g/mol. The summed E-state index contributed by atoms with van der Waals surface area (Å²) in [5, 5.41) is 2.52. The van der Waals surface area contributed by atoms with Gasteiger partial charge < -0.3 is 11.1 Å². The van der Waals surface area contributed by atoms with Crippen molar-refractivity contribution < 1.29 is 13.2 Å². The average Bonchev–Trinajstić information content (AvgIpc) is 2.20. The topological polar surface area (TPSA) is 89.3 Å². The summed E-state index contributed by atoms with van der Waals surface area (Å²) in [4.78, 5) is 11.5.